The molecule has 76 valence electrons. The number of carbonyl (C=O) groups is 1. The van der Waals surface area contributed by atoms with Gasteiger partial charge in [-0.3, -0.25) is 9.78 Å². The average molecular weight is 218 g/mol. The first-order valence-electron chi connectivity index (χ1n) is 4.55. The number of nitrogens with one attached hydrogen (secondary N) is 1. The van der Waals surface area contributed by atoms with Crippen LogP contribution in [-0.4, -0.2) is 11.4 Å². The first kappa shape index (κ1) is 9.86. The minimum Gasteiger partial charge on any atom is -0.353 e. The molecule has 0 radical (unpaired) electrons. The Morgan fingerprint density at radius 3 is 3.07 bits per heavy atom. The Morgan fingerprint density at radius 1 is 1.40 bits per heavy atom. The van der Waals surface area contributed by atoms with E-state index in [0.717, 1.165) is 17.0 Å². The maximum absolute atomic E-state index is 10.2. The molecule has 0 aliphatic heterocycles. The Balaban J connectivity index is 2.23. The van der Waals surface area contributed by atoms with Gasteiger partial charge in [-0.1, -0.05) is 6.07 Å². The predicted molar refractivity (Wildman–Crippen MR) is 60.5 cm³/mol. The Morgan fingerprint density at radius 2 is 2.33 bits per heavy atom. The van der Waals surface area contributed by atoms with E-state index in [2.05, 4.69) is 15.7 Å². The van der Waals surface area contributed by atoms with Crippen LogP contribution in [0.4, 0.5) is 0 Å². The molecule has 0 bridgehead atoms. The van der Waals surface area contributed by atoms with Gasteiger partial charge in [0.1, 0.15) is 0 Å². The molecule has 15 heavy (non-hydrogen) atoms. The molecule has 0 aliphatic carbocycles. The highest BCUT2D eigenvalue weighted by molar-refractivity contribution is 7.08. The van der Waals surface area contributed by atoms with Gasteiger partial charge in [-0.05, 0) is 23.6 Å². The van der Waals surface area contributed by atoms with E-state index < -0.39 is 0 Å². The van der Waals surface area contributed by atoms with Crippen LogP contribution in [-0.2, 0) is 11.3 Å². The van der Waals surface area contributed by atoms with Gasteiger partial charge in [0.25, 0.3) is 0 Å². The zero-order valence-corrected chi connectivity index (χ0v) is 8.83. The van der Waals surface area contributed by atoms with Crippen LogP contribution in [0.2, 0.25) is 0 Å². The van der Waals surface area contributed by atoms with Crippen molar-refractivity contribution in [3.05, 3.63) is 40.7 Å². The molecule has 2 aromatic rings. The zero-order chi connectivity index (χ0) is 10.5. The highest BCUT2D eigenvalue weighted by Gasteiger charge is 2.00. The van der Waals surface area contributed by atoms with E-state index in [9.17, 15) is 4.79 Å². The third kappa shape index (κ3) is 2.41. The Labute approximate surface area is 91.8 Å². The van der Waals surface area contributed by atoms with Crippen LogP contribution in [0.1, 0.15) is 5.69 Å². The summed E-state index contributed by atoms with van der Waals surface area (Å²) < 4.78 is 0. The normalized spacial score (nSPS) is 9.87. The van der Waals surface area contributed by atoms with E-state index in [1.54, 1.807) is 11.3 Å². The molecule has 0 aromatic carbocycles. The highest BCUT2D eigenvalue weighted by atomic mass is 32.1. The van der Waals surface area contributed by atoms with Crippen molar-refractivity contribution in [1.29, 1.82) is 0 Å². The quantitative estimate of drug-likeness (QED) is 0.798. The molecular weight excluding hydrogens is 208 g/mol. The summed E-state index contributed by atoms with van der Waals surface area (Å²) >= 11 is 1.65. The number of hydrogen-bond acceptors (Lipinski definition) is 3. The molecule has 2 heterocycles. The van der Waals surface area contributed by atoms with Gasteiger partial charge in [0.05, 0.1) is 17.9 Å². The smallest absolute Gasteiger partial charge is 0.207 e. The summed E-state index contributed by atoms with van der Waals surface area (Å²) in [5, 5.41) is 6.67. The van der Waals surface area contributed by atoms with E-state index in [1.807, 2.05) is 29.6 Å². The van der Waals surface area contributed by atoms with Crippen molar-refractivity contribution >= 4 is 17.7 Å². The molecule has 3 nitrogen and oxygen atoms in total. The van der Waals surface area contributed by atoms with Crippen LogP contribution in [0.25, 0.3) is 11.3 Å². The monoisotopic (exact) mass is 218 g/mol. The first-order valence-corrected chi connectivity index (χ1v) is 5.50. The Kier molecular flexibility index (Phi) is 3.09. The number of nitrogens with zero attached hydrogens (tertiary/aromatic N) is 1. The number of pyridine rings is 1. The Bertz CT molecular complexity index is 440. The second-order valence-corrected chi connectivity index (χ2v) is 3.80. The standard InChI is InChI=1S/C11H10N2OS/c14-8-12-6-10-2-1-3-11(13-10)9-4-5-15-7-9/h1-5,7-8H,6H2,(H,12,14). The average Bonchev–Trinajstić information content (AvgIpc) is 2.80. The van der Waals surface area contributed by atoms with Crippen molar-refractivity contribution < 1.29 is 4.79 Å². The fraction of sp³-hybridized carbons (Fsp3) is 0.0909. The third-order valence-corrected chi connectivity index (χ3v) is 2.67. The van der Waals surface area contributed by atoms with Crippen molar-refractivity contribution in [2.24, 2.45) is 0 Å². The van der Waals surface area contributed by atoms with Crippen LogP contribution in [0, 0.1) is 0 Å². The van der Waals surface area contributed by atoms with Crippen LogP contribution < -0.4 is 5.32 Å². The van der Waals surface area contributed by atoms with E-state index >= 15 is 0 Å². The lowest BCUT2D eigenvalue weighted by Gasteiger charge is -2.01. The molecule has 0 unspecified atom stereocenters. The summed E-state index contributed by atoms with van der Waals surface area (Å²) in [6, 6.07) is 7.84. The molecule has 1 N–H and O–H groups in total. The molecule has 0 aliphatic rings. The van der Waals surface area contributed by atoms with Gasteiger partial charge in [-0.15, -0.1) is 0 Å². The largest absolute Gasteiger partial charge is 0.353 e. The second-order valence-electron chi connectivity index (χ2n) is 3.02. The van der Waals surface area contributed by atoms with E-state index in [4.69, 9.17) is 0 Å². The fourth-order valence-corrected chi connectivity index (χ4v) is 1.94. The van der Waals surface area contributed by atoms with E-state index in [0.29, 0.717) is 13.0 Å². The van der Waals surface area contributed by atoms with Crippen LogP contribution in [0.3, 0.4) is 0 Å². The van der Waals surface area contributed by atoms with Crippen molar-refractivity contribution in [2.75, 3.05) is 0 Å². The zero-order valence-electron chi connectivity index (χ0n) is 8.01. The lowest BCUT2D eigenvalue weighted by molar-refractivity contribution is -0.109. The molecule has 2 rings (SSSR count). The van der Waals surface area contributed by atoms with Crippen molar-refractivity contribution in [2.45, 2.75) is 6.54 Å². The number of carbonyl (C=O) groups excluding carboxylic acids is 1. The Hall–Kier alpha value is -1.68. The minimum atomic E-state index is 0.474. The van der Waals surface area contributed by atoms with Gasteiger partial charge >= 0.3 is 0 Å². The molecular formula is C11H10N2OS. The summed E-state index contributed by atoms with van der Waals surface area (Å²) in [5.74, 6) is 0. The highest BCUT2D eigenvalue weighted by Crippen LogP contribution is 2.19. The summed E-state index contributed by atoms with van der Waals surface area (Å²) in [7, 11) is 0. The SMILES string of the molecule is O=CNCc1cccc(-c2ccsc2)n1. The minimum absolute atomic E-state index is 0.474. The number of rotatable bonds is 4. The summed E-state index contributed by atoms with van der Waals surface area (Å²) in [5.41, 5.74) is 2.93. The van der Waals surface area contributed by atoms with Crippen molar-refractivity contribution in [1.82, 2.24) is 10.3 Å². The lowest BCUT2D eigenvalue weighted by Crippen LogP contribution is -2.11. The second kappa shape index (κ2) is 4.70. The lowest BCUT2D eigenvalue weighted by atomic mass is 10.2. The van der Waals surface area contributed by atoms with Crippen molar-refractivity contribution in [3.8, 4) is 11.3 Å². The third-order valence-electron chi connectivity index (χ3n) is 1.99. The summed E-state index contributed by atoms with van der Waals surface area (Å²) in [6.45, 7) is 0.474. The number of thiophene rings is 1. The number of hydrogen-bond donors (Lipinski definition) is 1. The van der Waals surface area contributed by atoms with E-state index in [-0.39, 0.29) is 0 Å². The molecule has 4 heteroatoms. The van der Waals surface area contributed by atoms with Crippen molar-refractivity contribution in [3.63, 3.8) is 0 Å². The maximum Gasteiger partial charge on any atom is 0.207 e. The van der Waals surface area contributed by atoms with Gasteiger partial charge in [0, 0.05) is 10.9 Å². The van der Waals surface area contributed by atoms with Crippen LogP contribution >= 0.6 is 11.3 Å². The molecule has 0 fully saturated rings. The molecule has 0 saturated carbocycles. The predicted octanol–water partition coefficient (Wildman–Crippen LogP) is 2.06. The summed E-state index contributed by atoms with van der Waals surface area (Å²) in [6.07, 6.45) is 0.680. The van der Waals surface area contributed by atoms with Gasteiger partial charge in [-0.25, -0.2) is 0 Å². The van der Waals surface area contributed by atoms with Crippen LogP contribution in [0.5, 0.6) is 0 Å². The summed E-state index contributed by atoms with van der Waals surface area (Å²) in [4.78, 5) is 14.6. The number of amides is 1. The van der Waals surface area contributed by atoms with Gasteiger partial charge < -0.3 is 5.32 Å². The first-order chi connectivity index (χ1) is 7.40. The fourth-order valence-electron chi connectivity index (χ4n) is 1.30. The van der Waals surface area contributed by atoms with Gasteiger partial charge in [-0.2, -0.15) is 11.3 Å². The van der Waals surface area contributed by atoms with Gasteiger partial charge in [0.15, 0.2) is 0 Å². The molecule has 2 aromatic heterocycles. The molecule has 0 atom stereocenters. The molecule has 0 saturated heterocycles. The maximum atomic E-state index is 10.2. The van der Waals surface area contributed by atoms with Gasteiger partial charge in [0.2, 0.25) is 6.41 Å². The van der Waals surface area contributed by atoms with E-state index in [1.165, 1.54) is 0 Å². The molecule has 1 amide bonds. The topological polar surface area (TPSA) is 42.0 Å². The number of aromatic nitrogens is 1. The molecule has 0 spiro atoms. The van der Waals surface area contributed by atoms with Crippen LogP contribution in [0.15, 0.2) is 35.0 Å².